The Morgan fingerprint density at radius 2 is 2.05 bits per heavy atom. The summed E-state index contributed by atoms with van der Waals surface area (Å²) in [6, 6.07) is 0.361. The summed E-state index contributed by atoms with van der Waals surface area (Å²) in [5.41, 5.74) is 1.88. The number of carboxylic acid groups (broad SMARTS) is 1. The van der Waals surface area contributed by atoms with Crippen molar-refractivity contribution in [2.45, 2.75) is 39.2 Å². The largest absolute Gasteiger partial charge is 0.477 e. The highest BCUT2D eigenvalue weighted by Gasteiger charge is 2.41. The number of nitrogens with zero attached hydrogens (tertiary/aromatic N) is 1. The van der Waals surface area contributed by atoms with E-state index in [1.54, 1.807) is 13.8 Å². The van der Waals surface area contributed by atoms with Crippen molar-refractivity contribution < 1.29 is 14.7 Å². The quantitative estimate of drug-likeness (QED) is 0.855. The monoisotopic (exact) mass is 262 g/mol. The van der Waals surface area contributed by atoms with Crippen LogP contribution in [0.2, 0.25) is 0 Å². The molecule has 2 aliphatic rings. The third-order valence-corrected chi connectivity index (χ3v) is 4.54. The van der Waals surface area contributed by atoms with E-state index < -0.39 is 5.97 Å². The van der Waals surface area contributed by atoms with Crippen molar-refractivity contribution in [2.24, 2.45) is 5.92 Å². The van der Waals surface area contributed by atoms with Crippen LogP contribution >= 0.6 is 0 Å². The molecule has 2 bridgehead atoms. The Balaban J connectivity index is 1.94. The fourth-order valence-electron chi connectivity index (χ4n) is 3.60. The van der Waals surface area contributed by atoms with Crippen LogP contribution < -0.4 is 0 Å². The highest BCUT2D eigenvalue weighted by molar-refractivity contribution is 6.01. The highest BCUT2D eigenvalue weighted by atomic mass is 16.4. The number of hydrogen-bond donors (Lipinski definition) is 2. The third kappa shape index (κ3) is 1.76. The minimum atomic E-state index is -1.01. The van der Waals surface area contributed by atoms with Crippen LogP contribution in [0.5, 0.6) is 0 Å². The number of H-pyrrole nitrogens is 1. The van der Waals surface area contributed by atoms with Crippen molar-refractivity contribution in [3.8, 4) is 0 Å². The molecule has 1 saturated heterocycles. The normalized spacial score (nSPS) is 25.1. The zero-order valence-corrected chi connectivity index (χ0v) is 11.2. The molecule has 1 aromatic rings. The van der Waals surface area contributed by atoms with Crippen LogP contribution in [0.25, 0.3) is 0 Å². The molecule has 0 spiro atoms. The molecular weight excluding hydrogens is 244 g/mol. The highest BCUT2D eigenvalue weighted by Crippen LogP contribution is 2.38. The molecule has 1 aliphatic heterocycles. The van der Waals surface area contributed by atoms with E-state index in [4.69, 9.17) is 5.11 Å². The average molecular weight is 262 g/mol. The van der Waals surface area contributed by atoms with E-state index in [9.17, 15) is 9.59 Å². The van der Waals surface area contributed by atoms with Gasteiger partial charge in [0.2, 0.25) is 0 Å². The number of nitrogens with one attached hydrogen (secondary N) is 1. The molecule has 5 nitrogen and oxygen atoms in total. The molecule has 2 atom stereocenters. The summed E-state index contributed by atoms with van der Waals surface area (Å²) >= 11 is 0. The second-order valence-corrected chi connectivity index (χ2v) is 5.72. The summed E-state index contributed by atoms with van der Waals surface area (Å²) in [6.07, 6.45) is 3.42. The Kier molecular flexibility index (Phi) is 2.66. The van der Waals surface area contributed by atoms with Gasteiger partial charge in [0.15, 0.2) is 0 Å². The Bertz CT molecular complexity index is 561. The van der Waals surface area contributed by atoms with Crippen molar-refractivity contribution in [1.29, 1.82) is 0 Å². The number of fused-ring (bicyclic) bond motifs is 2. The van der Waals surface area contributed by atoms with E-state index >= 15 is 0 Å². The lowest BCUT2D eigenvalue weighted by Crippen LogP contribution is -2.38. The fraction of sp³-hybridized carbons (Fsp3) is 0.571. The Morgan fingerprint density at radius 3 is 2.53 bits per heavy atom. The Morgan fingerprint density at radius 1 is 1.32 bits per heavy atom. The number of likely N-dealkylation sites (tertiary alicyclic amines) is 1. The number of aryl methyl sites for hydroxylation is 1. The standard InChI is InChI=1S/C14H18N2O3/c1-7-11(8(2)15-12(7)14(18)19)13(17)16-6-9-3-4-10(16)5-9/h9-10,15H,3-6H2,1-2H3,(H,18,19). The van der Waals surface area contributed by atoms with E-state index in [0.717, 1.165) is 19.4 Å². The van der Waals surface area contributed by atoms with Gasteiger partial charge in [0.1, 0.15) is 5.69 Å². The molecule has 2 heterocycles. The maximum Gasteiger partial charge on any atom is 0.352 e. The van der Waals surface area contributed by atoms with Crippen molar-refractivity contribution in [3.05, 3.63) is 22.5 Å². The maximum absolute atomic E-state index is 12.6. The molecule has 0 aromatic carbocycles. The lowest BCUT2D eigenvalue weighted by Gasteiger charge is -2.27. The van der Waals surface area contributed by atoms with Gasteiger partial charge in [-0.05, 0) is 44.6 Å². The van der Waals surface area contributed by atoms with Crippen LogP contribution in [0.3, 0.4) is 0 Å². The number of aromatic carboxylic acids is 1. The Hall–Kier alpha value is -1.78. The molecule has 2 fully saturated rings. The Labute approximate surface area is 111 Å². The summed E-state index contributed by atoms with van der Waals surface area (Å²) in [7, 11) is 0. The van der Waals surface area contributed by atoms with Gasteiger partial charge in [-0.1, -0.05) is 0 Å². The van der Waals surface area contributed by atoms with Gasteiger partial charge in [0.05, 0.1) is 5.56 Å². The van der Waals surface area contributed by atoms with Crippen LogP contribution in [-0.2, 0) is 0 Å². The van der Waals surface area contributed by atoms with Gasteiger partial charge in [-0.3, -0.25) is 4.79 Å². The first-order valence-electron chi connectivity index (χ1n) is 6.72. The van der Waals surface area contributed by atoms with E-state index in [0.29, 0.717) is 28.8 Å². The minimum absolute atomic E-state index is 0.00838. The minimum Gasteiger partial charge on any atom is -0.477 e. The summed E-state index contributed by atoms with van der Waals surface area (Å²) in [5.74, 6) is -0.374. The molecule has 1 aromatic heterocycles. The topological polar surface area (TPSA) is 73.4 Å². The molecule has 2 unspecified atom stereocenters. The molecule has 19 heavy (non-hydrogen) atoms. The van der Waals surface area contributed by atoms with Crippen molar-refractivity contribution in [1.82, 2.24) is 9.88 Å². The van der Waals surface area contributed by atoms with Gasteiger partial charge >= 0.3 is 5.97 Å². The van der Waals surface area contributed by atoms with E-state index in [1.807, 2.05) is 4.90 Å². The molecule has 2 N–H and O–H groups in total. The fourth-order valence-corrected chi connectivity index (χ4v) is 3.60. The first-order valence-corrected chi connectivity index (χ1v) is 6.72. The maximum atomic E-state index is 12.6. The molecule has 1 aliphatic carbocycles. The average Bonchev–Trinajstić information content (AvgIpc) is 3.03. The SMILES string of the molecule is Cc1[nH]c(C(=O)O)c(C)c1C(=O)N1CC2CCC1C2. The lowest BCUT2D eigenvalue weighted by molar-refractivity contribution is 0.0689. The zero-order chi connectivity index (χ0) is 13.7. The number of amides is 1. The lowest BCUT2D eigenvalue weighted by atomic mass is 10.1. The van der Waals surface area contributed by atoms with Crippen molar-refractivity contribution in [3.63, 3.8) is 0 Å². The van der Waals surface area contributed by atoms with Gasteiger partial charge in [-0.15, -0.1) is 0 Å². The van der Waals surface area contributed by atoms with Crippen LogP contribution in [0, 0.1) is 19.8 Å². The third-order valence-electron chi connectivity index (χ3n) is 4.54. The summed E-state index contributed by atoms with van der Waals surface area (Å²) in [4.78, 5) is 28.5. The number of carbonyl (C=O) groups is 2. The smallest absolute Gasteiger partial charge is 0.352 e. The van der Waals surface area contributed by atoms with Crippen molar-refractivity contribution >= 4 is 11.9 Å². The summed E-state index contributed by atoms with van der Waals surface area (Å²) < 4.78 is 0. The predicted octanol–water partition coefficient (Wildman–Crippen LogP) is 1.95. The number of carbonyl (C=O) groups excluding carboxylic acids is 1. The second kappa shape index (κ2) is 4.11. The van der Waals surface area contributed by atoms with E-state index in [2.05, 4.69) is 4.98 Å². The van der Waals surface area contributed by atoms with E-state index in [-0.39, 0.29) is 11.6 Å². The molecule has 1 amide bonds. The van der Waals surface area contributed by atoms with Crippen LogP contribution in [0.4, 0.5) is 0 Å². The summed E-state index contributed by atoms with van der Waals surface area (Å²) in [5, 5.41) is 9.10. The van der Waals surface area contributed by atoms with Crippen LogP contribution in [0.15, 0.2) is 0 Å². The number of hydrogen-bond acceptors (Lipinski definition) is 2. The van der Waals surface area contributed by atoms with Gasteiger partial charge in [-0.2, -0.15) is 0 Å². The molecule has 0 radical (unpaired) electrons. The van der Waals surface area contributed by atoms with Crippen molar-refractivity contribution in [2.75, 3.05) is 6.54 Å². The van der Waals surface area contributed by atoms with Gasteiger partial charge in [0, 0.05) is 18.3 Å². The molecule has 5 heteroatoms. The number of aromatic nitrogens is 1. The van der Waals surface area contributed by atoms with Gasteiger partial charge in [0.25, 0.3) is 5.91 Å². The molecule has 102 valence electrons. The number of aromatic amines is 1. The number of rotatable bonds is 2. The van der Waals surface area contributed by atoms with Gasteiger partial charge in [-0.25, -0.2) is 4.79 Å². The van der Waals surface area contributed by atoms with Crippen LogP contribution in [0.1, 0.15) is 51.4 Å². The number of piperidine rings is 1. The number of carboxylic acids is 1. The molecular formula is C14H18N2O3. The first-order chi connectivity index (χ1) is 8.99. The van der Waals surface area contributed by atoms with Crippen LogP contribution in [-0.4, -0.2) is 39.5 Å². The molecule has 1 saturated carbocycles. The first kappa shape index (κ1) is 12.3. The predicted molar refractivity (Wildman–Crippen MR) is 69.4 cm³/mol. The molecule has 3 rings (SSSR count). The summed E-state index contributed by atoms with van der Waals surface area (Å²) in [6.45, 7) is 4.30. The van der Waals surface area contributed by atoms with Gasteiger partial charge < -0.3 is 15.0 Å². The van der Waals surface area contributed by atoms with E-state index in [1.165, 1.54) is 6.42 Å². The zero-order valence-electron chi connectivity index (χ0n) is 11.2. The second-order valence-electron chi connectivity index (χ2n) is 5.72.